The maximum atomic E-state index is 12.2. The minimum atomic E-state index is -4.54. The summed E-state index contributed by atoms with van der Waals surface area (Å²) >= 11 is 0. The van der Waals surface area contributed by atoms with Gasteiger partial charge in [-0.3, -0.25) is 0 Å². The molecule has 1 rings (SSSR count). The highest BCUT2D eigenvalue weighted by Gasteiger charge is 2.39. The molecular weight excluding hydrogens is 231 g/mol. The van der Waals surface area contributed by atoms with Gasteiger partial charge in [0.1, 0.15) is 11.8 Å². The van der Waals surface area contributed by atoms with Crippen molar-refractivity contribution in [3.05, 3.63) is 29.3 Å². The minimum Gasteiger partial charge on any atom is -0.507 e. The van der Waals surface area contributed by atoms with Crippen LogP contribution in [0.25, 0.3) is 0 Å². The Labute approximate surface area is 91.3 Å². The van der Waals surface area contributed by atoms with Crippen LogP contribution in [0, 0.1) is 6.92 Å². The van der Waals surface area contributed by atoms with Gasteiger partial charge in [0.2, 0.25) is 0 Å². The van der Waals surface area contributed by atoms with Gasteiger partial charge in [-0.15, -0.1) is 12.4 Å². The van der Waals surface area contributed by atoms with E-state index in [-0.39, 0.29) is 18.0 Å². The fourth-order valence-corrected chi connectivity index (χ4v) is 1.11. The van der Waals surface area contributed by atoms with Crippen molar-refractivity contribution in [3.63, 3.8) is 0 Å². The highest BCUT2D eigenvalue weighted by atomic mass is 35.5. The van der Waals surface area contributed by atoms with E-state index >= 15 is 0 Å². The summed E-state index contributed by atoms with van der Waals surface area (Å²) in [6.07, 6.45) is -4.54. The normalized spacial score (nSPS) is 13.1. The number of para-hydroxylation sites is 1. The first kappa shape index (κ1) is 14.1. The van der Waals surface area contributed by atoms with Crippen molar-refractivity contribution in [1.29, 1.82) is 0 Å². The van der Waals surface area contributed by atoms with Crippen LogP contribution in [0.1, 0.15) is 17.2 Å². The molecular formula is C9H11ClF3NO. The lowest BCUT2D eigenvalue weighted by molar-refractivity contribution is -0.149. The van der Waals surface area contributed by atoms with E-state index in [2.05, 4.69) is 0 Å². The van der Waals surface area contributed by atoms with Crippen LogP contribution in [0.4, 0.5) is 13.2 Å². The van der Waals surface area contributed by atoms with E-state index in [1.54, 1.807) is 0 Å². The summed E-state index contributed by atoms with van der Waals surface area (Å²) in [5.41, 5.74) is 5.04. The van der Waals surface area contributed by atoms with E-state index in [0.717, 1.165) is 0 Å². The second-order valence-electron chi connectivity index (χ2n) is 3.03. The van der Waals surface area contributed by atoms with Crippen LogP contribution in [0.5, 0.6) is 5.75 Å². The molecule has 0 bridgehead atoms. The molecule has 0 fully saturated rings. The number of rotatable bonds is 1. The third-order valence-electron chi connectivity index (χ3n) is 1.96. The van der Waals surface area contributed by atoms with Gasteiger partial charge in [0.15, 0.2) is 0 Å². The fourth-order valence-electron chi connectivity index (χ4n) is 1.11. The molecule has 0 unspecified atom stereocenters. The van der Waals surface area contributed by atoms with Crippen LogP contribution in [0.15, 0.2) is 18.2 Å². The molecule has 2 nitrogen and oxygen atoms in total. The molecule has 0 aromatic heterocycles. The van der Waals surface area contributed by atoms with Crippen LogP contribution in [0.2, 0.25) is 0 Å². The lowest BCUT2D eigenvalue weighted by Crippen LogP contribution is -2.28. The molecule has 15 heavy (non-hydrogen) atoms. The maximum Gasteiger partial charge on any atom is 0.407 e. The number of aryl methyl sites for hydroxylation is 1. The van der Waals surface area contributed by atoms with Crippen LogP contribution >= 0.6 is 12.4 Å². The molecule has 0 aliphatic carbocycles. The number of hydrogen-bond donors (Lipinski definition) is 2. The average Bonchev–Trinajstić information content (AvgIpc) is 2.07. The van der Waals surface area contributed by atoms with Gasteiger partial charge in [0.05, 0.1) is 0 Å². The van der Waals surface area contributed by atoms with E-state index in [0.29, 0.717) is 5.56 Å². The molecule has 0 radical (unpaired) electrons. The second kappa shape index (κ2) is 4.72. The third kappa shape index (κ3) is 3.00. The first-order chi connectivity index (χ1) is 6.34. The molecule has 1 atom stereocenters. The van der Waals surface area contributed by atoms with Gasteiger partial charge < -0.3 is 10.8 Å². The number of benzene rings is 1. The molecule has 3 N–H and O–H groups in total. The van der Waals surface area contributed by atoms with Gasteiger partial charge in [-0.2, -0.15) is 13.2 Å². The van der Waals surface area contributed by atoms with Gasteiger partial charge in [0.25, 0.3) is 0 Å². The van der Waals surface area contributed by atoms with Gasteiger partial charge in [0, 0.05) is 5.56 Å². The molecule has 0 amide bonds. The van der Waals surface area contributed by atoms with Crippen molar-refractivity contribution in [2.45, 2.75) is 19.1 Å². The Hall–Kier alpha value is -0.940. The molecule has 0 aliphatic heterocycles. The quantitative estimate of drug-likeness (QED) is 0.794. The molecule has 0 spiro atoms. The second-order valence-corrected chi connectivity index (χ2v) is 3.03. The number of phenolic OH excluding ortho intramolecular Hbond substituents is 1. The van der Waals surface area contributed by atoms with Gasteiger partial charge in [-0.25, -0.2) is 0 Å². The zero-order valence-corrected chi connectivity index (χ0v) is 8.69. The Morgan fingerprint density at radius 1 is 1.33 bits per heavy atom. The molecule has 0 aliphatic rings. The van der Waals surface area contributed by atoms with Crippen molar-refractivity contribution < 1.29 is 18.3 Å². The van der Waals surface area contributed by atoms with Crippen molar-refractivity contribution in [1.82, 2.24) is 0 Å². The first-order valence-corrected chi connectivity index (χ1v) is 3.95. The SMILES string of the molecule is Cc1cccc([C@H](N)C(F)(F)F)c1O.Cl. The van der Waals surface area contributed by atoms with Crippen LogP contribution in [-0.4, -0.2) is 11.3 Å². The molecule has 86 valence electrons. The Balaban J connectivity index is 0.00000196. The summed E-state index contributed by atoms with van der Waals surface area (Å²) in [7, 11) is 0. The van der Waals surface area contributed by atoms with E-state index < -0.39 is 18.0 Å². The highest BCUT2D eigenvalue weighted by Crippen LogP contribution is 2.35. The summed E-state index contributed by atoms with van der Waals surface area (Å²) < 4.78 is 36.6. The molecule has 6 heteroatoms. The molecule has 0 saturated heterocycles. The van der Waals surface area contributed by atoms with Crippen LogP contribution < -0.4 is 5.73 Å². The van der Waals surface area contributed by atoms with E-state index in [9.17, 15) is 18.3 Å². The first-order valence-electron chi connectivity index (χ1n) is 3.95. The summed E-state index contributed by atoms with van der Waals surface area (Å²) in [4.78, 5) is 0. The summed E-state index contributed by atoms with van der Waals surface area (Å²) in [6, 6.07) is 1.97. The van der Waals surface area contributed by atoms with Gasteiger partial charge in [-0.1, -0.05) is 18.2 Å². The Kier molecular flexibility index (Phi) is 4.42. The third-order valence-corrected chi connectivity index (χ3v) is 1.96. The Morgan fingerprint density at radius 2 is 1.87 bits per heavy atom. The highest BCUT2D eigenvalue weighted by molar-refractivity contribution is 5.85. The predicted molar refractivity (Wildman–Crippen MR) is 53.1 cm³/mol. The number of hydrogen-bond acceptors (Lipinski definition) is 2. The van der Waals surface area contributed by atoms with Gasteiger partial charge >= 0.3 is 6.18 Å². The van der Waals surface area contributed by atoms with Gasteiger partial charge in [-0.05, 0) is 12.5 Å². The molecule has 1 aromatic carbocycles. The monoisotopic (exact) mass is 241 g/mol. The number of nitrogens with two attached hydrogens (primary N) is 1. The zero-order chi connectivity index (χ0) is 10.9. The number of halogens is 4. The van der Waals surface area contributed by atoms with E-state index in [1.165, 1.54) is 25.1 Å². The lowest BCUT2D eigenvalue weighted by atomic mass is 10.0. The van der Waals surface area contributed by atoms with Crippen molar-refractivity contribution in [3.8, 4) is 5.75 Å². The standard InChI is InChI=1S/C9H10F3NO.ClH/c1-5-3-2-4-6(7(5)14)8(13)9(10,11)12;/h2-4,8,14H,13H2,1H3;1H/t8-;/m0./s1. The van der Waals surface area contributed by atoms with Crippen molar-refractivity contribution >= 4 is 12.4 Å². The molecule has 1 aromatic rings. The van der Waals surface area contributed by atoms with E-state index in [4.69, 9.17) is 5.73 Å². The number of alkyl halides is 3. The fraction of sp³-hybridized carbons (Fsp3) is 0.333. The summed E-state index contributed by atoms with van der Waals surface area (Å²) in [5.74, 6) is -0.391. The summed E-state index contributed by atoms with van der Waals surface area (Å²) in [6.45, 7) is 1.52. The van der Waals surface area contributed by atoms with E-state index in [1.807, 2.05) is 0 Å². The molecule has 0 heterocycles. The van der Waals surface area contributed by atoms with Crippen LogP contribution in [0.3, 0.4) is 0 Å². The van der Waals surface area contributed by atoms with Crippen molar-refractivity contribution in [2.24, 2.45) is 5.73 Å². The summed E-state index contributed by atoms with van der Waals surface area (Å²) in [5, 5.41) is 9.35. The Morgan fingerprint density at radius 3 is 2.33 bits per heavy atom. The maximum absolute atomic E-state index is 12.2. The van der Waals surface area contributed by atoms with Crippen molar-refractivity contribution in [2.75, 3.05) is 0 Å². The molecule has 0 saturated carbocycles. The zero-order valence-electron chi connectivity index (χ0n) is 7.88. The number of aromatic hydroxyl groups is 1. The topological polar surface area (TPSA) is 46.2 Å². The predicted octanol–water partition coefficient (Wildman–Crippen LogP) is 2.68. The van der Waals surface area contributed by atoms with Crippen LogP contribution in [-0.2, 0) is 0 Å². The number of phenols is 1. The Bertz CT molecular complexity index is 341. The largest absolute Gasteiger partial charge is 0.507 e. The minimum absolute atomic E-state index is 0. The average molecular weight is 242 g/mol. The lowest BCUT2D eigenvalue weighted by Gasteiger charge is -2.17. The smallest absolute Gasteiger partial charge is 0.407 e.